The summed E-state index contributed by atoms with van der Waals surface area (Å²) in [6.07, 6.45) is 2.63. The largest absolute Gasteiger partial charge is 0.496 e. The zero-order valence-electron chi connectivity index (χ0n) is 14.7. The zero-order valence-corrected chi connectivity index (χ0v) is 15.5. The lowest BCUT2D eigenvalue weighted by Crippen LogP contribution is -2.16. The molecule has 0 spiro atoms. The molecule has 130 valence electrons. The summed E-state index contributed by atoms with van der Waals surface area (Å²) in [5.74, 6) is 0.415. The predicted molar refractivity (Wildman–Crippen MR) is 107 cm³/mol. The zero-order chi connectivity index (χ0) is 18.1. The predicted octanol–water partition coefficient (Wildman–Crippen LogP) is 5.08. The highest BCUT2D eigenvalue weighted by Gasteiger charge is 2.33. The van der Waals surface area contributed by atoms with E-state index in [4.69, 9.17) is 4.74 Å². The number of aliphatic imine (C=N–C) groups is 1. The van der Waals surface area contributed by atoms with Crippen LogP contribution in [0, 0.1) is 0 Å². The Kier molecular flexibility index (Phi) is 4.43. The number of ether oxygens (including phenoxy) is 1. The molecular formula is C22H19NO2S. The van der Waals surface area contributed by atoms with E-state index in [2.05, 4.69) is 18.0 Å². The summed E-state index contributed by atoms with van der Waals surface area (Å²) < 4.78 is 5.59. The minimum absolute atomic E-state index is 0.0980. The van der Waals surface area contributed by atoms with Crippen LogP contribution < -0.4 is 4.74 Å². The van der Waals surface area contributed by atoms with Crippen molar-refractivity contribution >= 4 is 23.5 Å². The molecular weight excluding hydrogens is 342 g/mol. The van der Waals surface area contributed by atoms with Crippen LogP contribution in [-0.4, -0.2) is 19.2 Å². The van der Waals surface area contributed by atoms with Gasteiger partial charge in [0.2, 0.25) is 0 Å². The van der Waals surface area contributed by atoms with Gasteiger partial charge >= 0.3 is 0 Å². The number of para-hydroxylation sites is 1. The van der Waals surface area contributed by atoms with Gasteiger partial charge in [0.05, 0.1) is 7.11 Å². The molecule has 3 nitrogen and oxygen atoms in total. The molecule has 1 aliphatic heterocycles. The summed E-state index contributed by atoms with van der Waals surface area (Å²) in [4.78, 5) is 19.2. The van der Waals surface area contributed by atoms with Gasteiger partial charge in [-0.25, -0.2) is 4.99 Å². The molecule has 0 N–H and O–H groups in total. The Morgan fingerprint density at radius 3 is 2.54 bits per heavy atom. The molecule has 0 saturated heterocycles. The summed E-state index contributed by atoms with van der Waals surface area (Å²) in [7, 11) is 1.69. The first kappa shape index (κ1) is 16.7. The van der Waals surface area contributed by atoms with Gasteiger partial charge in [0, 0.05) is 32.7 Å². The van der Waals surface area contributed by atoms with Crippen LogP contribution in [0.1, 0.15) is 33.7 Å². The van der Waals surface area contributed by atoms with Crippen LogP contribution >= 0.6 is 11.3 Å². The van der Waals surface area contributed by atoms with Crippen molar-refractivity contribution in [1.29, 1.82) is 0 Å². The van der Waals surface area contributed by atoms with E-state index in [1.54, 1.807) is 24.7 Å². The number of amides is 1. The van der Waals surface area contributed by atoms with E-state index < -0.39 is 0 Å². The number of hydrogen-bond acceptors (Lipinski definition) is 3. The Bertz CT molecular complexity index is 989. The summed E-state index contributed by atoms with van der Waals surface area (Å²) in [6.45, 7) is 2.15. The van der Waals surface area contributed by atoms with Crippen LogP contribution in [-0.2, 0) is 11.2 Å². The molecule has 1 aromatic heterocycles. The van der Waals surface area contributed by atoms with Crippen molar-refractivity contribution in [2.75, 3.05) is 7.11 Å². The molecule has 1 atom stereocenters. The number of carbonyl (C=O) groups excluding carboxylic acids is 1. The van der Waals surface area contributed by atoms with Crippen LogP contribution in [0.3, 0.4) is 0 Å². The highest BCUT2D eigenvalue weighted by Crippen LogP contribution is 2.46. The van der Waals surface area contributed by atoms with Gasteiger partial charge in [-0.2, -0.15) is 0 Å². The normalized spacial score (nSPS) is 15.8. The molecule has 0 saturated carbocycles. The number of nitrogens with zero attached hydrogens (tertiary/aromatic N) is 1. The van der Waals surface area contributed by atoms with E-state index in [9.17, 15) is 4.79 Å². The third-order valence-electron chi connectivity index (χ3n) is 4.71. The van der Waals surface area contributed by atoms with Crippen LogP contribution in [0.4, 0.5) is 0 Å². The fourth-order valence-electron chi connectivity index (χ4n) is 3.50. The molecule has 4 rings (SSSR count). The van der Waals surface area contributed by atoms with Crippen molar-refractivity contribution in [2.45, 2.75) is 19.3 Å². The van der Waals surface area contributed by atoms with E-state index in [-0.39, 0.29) is 11.8 Å². The molecule has 26 heavy (non-hydrogen) atoms. The highest BCUT2D eigenvalue weighted by atomic mass is 32.1. The lowest BCUT2D eigenvalue weighted by atomic mass is 9.89. The number of methoxy groups -OCH3 is 1. The van der Waals surface area contributed by atoms with E-state index in [1.807, 2.05) is 48.5 Å². The van der Waals surface area contributed by atoms with Gasteiger partial charge in [0.25, 0.3) is 5.91 Å². The lowest BCUT2D eigenvalue weighted by molar-refractivity contribution is -0.118. The van der Waals surface area contributed by atoms with Crippen molar-refractivity contribution in [1.82, 2.24) is 0 Å². The molecule has 2 heterocycles. The molecule has 2 aromatic carbocycles. The van der Waals surface area contributed by atoms with E-state index in [0.717, 1.165) is 39.3 Å². The van der Waals surface area contributed by atoms with Crippen molar-refractivity contribution in [3.63, 3.8) is 0 Å². The van der Waals surface area contributed by atoms with Crippen LogP contribution in [0.15, 0.2) is 59.6 Å². The Morgan fingerprint density at radius 2 is 1.81 bits per heavy atom. The maximum Gasteiger partial charge on any atom is 0.258 e. The molecule has 0 radical (unpaired) electrons. The van der Waals surface area contributed by atoms with Gasteiger partial charge in [-0.3, -0.25) is 4.79 Å². The van der Waals surface area contributed by atoms with E-state index in [1.165, 1.54) is 4.88 Å². The second-order valence-corrected chi connectivity index (χ2v) is 7.31. The van der Waals surface area contributed by atoms with Crippen LogP contribution in [0.25, 0.3) is 11.1 Å². The van der Waals surface area contributed by atoms with Gasteiger partial charge in [-0.1, -0.05) is 55.5 Å². The molecule has 1 unspecified atom stereocenters. The third-order valence-corrected chi connectivity index (χ3v) is 6.12. The first-order chi connectivity index (χ1) is 12.7. The number of hydrogen-bond donors (Lipinski definition) is 0. The first-order valence-electron chi connectivity index (χ1n) is 8.66. The highest BCUT2D eigenvalue weighted by molar-refractivity contribution is 7.13. The van der Waals surface area contributed by atoms with Gasteiger partial charge in [-0.05, 0) is 18.1 Å². The summed E-state index contributed by atoms with van der Waals surface area (Å²) in [5, 5.41) is 0. The third kappa shape index (κ3) is 2.67. The fourth-order valence-corrected chi connectivity index (χ4v) is 4.86. The van der Waals surface area contributed by atoms with Gasteiger partial charge in [-0.15, -0.1) is 11.3 Å². The molecule has 0 aliphatic carbocycles. The van der Waals surface area contributed by atoms with Gasteiger partial charge in [0.15, 0.2) is 0 Å². The molecule has 4 heteroatoms. The van der Waals surface area contributed by atoms with Crippen molar-refractivity contribution in [3.05, 3.63) is 75.5 Å². The molecule has 1 amide bonds. The Balaban J connectivity index is 1.96. The Hall–Kier alpha value is -2.72. The average Bonchev–Trinajstić information content (AvgIpc) is 3.06. The van der Waals surface area contributed by atoms with Gasteiger partial charge < -0.3 is 4.74 Å². The van der Waals surface area contributed by atoms with Gasteiger partial charge in [0.1, 0.15) is 11.7 Å². The minimum atomic E-state index is -0.324. The second kappa shape index (κ2) is 6.89. The van der Waals surface area contributed by atoms with Crippen molar-refractivity contribution in [3.8, 4) is 16.9 Å². The summed E-state index contributed by atoms with van der Waals surface area (Å²) in [5.41, 5.74) is 4.23. The Morgan fingerprint density at radius 1 is 1.08 bits per heavy atom. The number of benzene rings is 2. The molecule has 0 bridgehead atoms. The van der Waals surface area contributed by atoms with E-state index >= 15 is 0 Å². The summed E-state index contributed by atoms with van der Waals surface area (Å²) >= 11 is 1.72. The van der Waals surface area contributed by atoms with E-state index in [0.29, 0.717) is 0 Å². The first-order valence-corrected chi connectivity index (χ1v) is 9.48. The second-order valence-electron chi connectivity index (χ2n) is 6.17. The summed E-state index contributed by atoms with van der Waals surface area (Å²) in [6, 6.07) is 17.9. The number of rotatable bonds is 4. The maximum atomic E-state index is 12.6. The standard InChI is InChI=1S/C22H19NO2S/c1-3-18-20(15-11-7-8-12-17(15)25-2)16-13-23-22(24)19(21(16)26-18)14-9-5-4-6-10-14/h4-13,19H,3H2,1-2H3. The van der Waals surface area contributed by atoms with Crippen LogP contribution in [0.5, 0.6) is 5.75 Å². The smallest absolute Gasteiger partial charge is 0.258 e. The molecule has 0 fully saturated rings. The lowest BCUT2D eigenvalue weighted by Gasteiger charge is -2.18. The number of fused-ring (bicyclic) bond motifs is 1. The quantitative estimate of drug-likeness (QED) is 0.650. The molecule has 3 aromatic rings. The van der Waals surface area contributed by atoms with Crippen molar-refractivity contribution in [2.24, 2.45) is 4.99 Å². The average molecular weight is 361 g/mol. The monoisotopic (exact) mass is 361 g/mol. The Labute approximate surface area is 157 Å². The number of aryl methyl sites for hydroxylation is 1. The topological polar surface area (TPSA) is 38.7 Å². The van der Waals surface area contributed by atoms with Crippen molar-refractivity contribution < 1.29 is 9.53 Å². The molecule has 1 aliphatic rings. The minimum Gasteiger partial charge on any atom is -0.496 e. The number of carbonyl (C=O) groups is 1. The van der Waals surface area contributed by atoms with Crippen LogP contribution in [0.2, 0.25) is 0 Å². The SMILES string of the molecule is CCc1sc2c(c1-c1ccccc1OC)C=NC(=O)C2c1ccccc1. The maximum absolute atomic E-state index is 12.6. The fraction of sp³-hybridized carbons (Fsp3) is 0.182. The number of thiophene rings is 1.